The van der Waals surface area contributed by atoms with E-state index in [0.717, 1.165) is 69.7 Å². The number of hydrogen-bond donors (Lipinski definition) is 1. The molecule has 1 amide bonds. The van der Waals surface area contributed by atoms with Gasteiger partial charge in [-0.05, 0) is 66.7 Å². The van der Waals surface area contributed by atoms with Gasteiger partial charge >= 0.3 is 24.2 Å². The van der Waals surface area contributed by atoms with E-state index in [-0.39, 0.29) is 33.6 Å². The van der Waals surface area contributed by atoms with Crippen molar-refractivity contribution in [1.29, 1.82) is 0 Å². The van der Waals surface area contributed by atoms with Gasteiger partial charge in [-0.25, -0.2) is 34.4 Å². The van der Waals surface area contributed by atoms with Gasteiger partial charge in [-0.15, -0.1) is 10.2 Å². The van der Waals surface area contributed by atoms with Crippen LogP contribution in [0.3, 0.4) is 0 Å². The van der Waals surface area contributed by atoms with Gasteiger partial charge in [0, 0.05) is 22.3 Å². The number of sulfonamides is 2. The minimum atomic E-state index is -5.16. The van der Waals surface area contributed by atoms with Crippen molar-refractivity contribution in [2.75, 3.05) is 27.7 Å². The van der Waals surface area contributed by atoms with Crippen molar-refractivity contribution in [1.82, 2.24) is 15.5 Å². The molecule has 0 fully saturated rings. The lowest BCUT2D eigenvalue weighted by molar-refractivity contribution is -0.173. The molecular formula is C35H27F10N5O7S2. The van der Waals surface area contributed by atoms with Crippen LogP contribution in [0.5, 0.6) is 0 Å². The lowest BCUT2D eigenvalue weighted by Gasteiger charge is -2.23. The molecular weight excluding hydrogens is 857 g/mol. The van der Waals surface area contributed by atoms with Gasteiger partial charge in [0.25, 0.3) is 0 Å². The van der Waals surface area contributed by atoms with E-state index in [1.165, 1.54) is 41.7 Å². The summed E-state index contributed by atoms with van der Waals surface area (Å²) < 4.78 is 184. The smallest absolute Gasteiger partial charge is 0.413 e. The molecule has 59 heavy (non-hydrogen) atoms. The normalized spacial score (nSPS) is 12.0. The molecule has 24 heteroatoms. The molecule has 0 unspecified atom stereocenters. The maximum atomic E-state index is 14.5. The molecule has 0 atom stereocenters. The number of benzene rings is 4. The Balaban J connectivity index is 0.000000261. The van der Waals surface area contributed by atoms with Crippen molar-refractivity contribution in [2.45, 2.75) is 25.4 Å². The molecule has 1 heterocycles. The minimum Gasteiger partial charge on any atom is -0.413 e. The molecule has 5 aromatic rings. The second-order valence-corrected chi connectivity index (χ2v) is 15.9. The van der Waals surface area contributed by atoms with Crippen molar-refractivity contribution >= 4 is 43.1 Å². The molecule has 12 nitrogen and oxygen atoms in total. The zero-order chi connectivity index (χ0) is 44.1. The summed E-state index contributed by atoms with van der Waals surface area (Å²) in [5.74, 6) is -8.46. The van der Waals surface area contributed by atoms with E-state index in [0.29, 0.717) is 0 Å². The molecule has 0 aliphatic rings. The summed E-state index contributed by atoms with van der Waals surface area (Å²) in [5, 5.41) is 7.47. The number of carbonyl (C=O) groups is 2. The van der Waals surface area contributed by atoms with Crippen molar-refractivity contribution in [3.63, 3.8) is 0 Å². The van der Waals surface area contributed by atoms with Crippen molar-refractivity contribution in [3.8, 4) is 11.5 Å². The largest absolute Gasteiger partial charge is 0.471 e. The average Bonchev–Trinajstić information content (AvgIpc) is 3.64. The Morgan fingerprint density at radius 2 is 1.12 bits per heavy atom. The quantitative estimate of drug-likeness (QED) is 0.105. The van der Waals surface area contributed by atoms with Gasteiger partial charge in [-0.1, -0.05) is 18.2 Å². The van der Waals surface area contributed by atoms with Crippen LogP contribution in [0, 0.1) is 23.3 Å². The summed E-state index contributed by atoms with van der Waals surface area (Å²) in [6.07, 6.45) is -8.23. The molecule has 0 saturated carbocycles. The number of halogens is 10. The zero-order valence-corrected chi connectivity index (χ0v) is 31.6. The Bertz CT molecular complexity index is 2530. The third-order valence-electron chi connectivity index (χ3n) is 7.67. The zero-order valence-electron chi connectivity index (χ0n) is 29.9. The number of rotatable bonds is 12. The number of nitrogens with one attached hydrogen (secondary N) is 1. The van der Waals surface area contributed by atoms with E-state index < -0.39 is 98.8 Å². The number of nitrogens with zero attached hydrogens (tertiary/aromatic N) is 4. The van der Waals surface area contributed by atoms with Gasteiger partial charge in [-0.3, -0.25) is 18.2 Å². The predicted molar refractivity (Wildman–Crippen MR) is 189 cm³/mol. The van der Waals surface area contributed by atoms with E-state index in [1.807, 2.05) is 0 Å². The van der Waals surface area contributed by atoms with Gasteiger partial charge in [0.2, 0.25) is 25.9 Å². The van der Waals surface area contributed by atoms with Crippen LogP contribution in [-0.2, 0) is 44.1 Å². The van der Waals surface area contributed by atoms with Gasteiger partial charge in [0.1, 0.15) is 23.3 Å². The van der Waals surface area contributed by atoms with Crippen molar-refractivity contribution < 1.29 is 74.7 Å². The van der Waals surface area contributed by atoms with Crippen LogP contribution in [0.1, 0.15) is 27.4 Å². The van der Waals surface area contributed by atoms with Crippen LogP contribution in [0.2, 0.25) is 0 Å². The van der Waals surface area contributed by atoms with E-state index in [2.05, 4.69) is 14.6 Å². The van der Waals surface area contributed by atoms with E-state index in [1.54, 1.807) is 0 Å². The van der Waals surface area contributed by atoms with E-state index in [9.17, 15) is 70.3 Å². The fourth-order valence-corrected chi connectivity index (χ4v) is 6.56. The Morgan fingerprint density at radius 3 is 1.51 bits per heavy atom. The molecule has 5 rings (SSSR count). The number of carbonyl (C=O) groups excluding carboxylic acids is 2. The Hall–Kier alpha value is -6.04. The van der Waals surface area contributed by atoms with Crippen molar-refractivity contribution in [2.24, 2.45) is 0 Å². The molecule has 0 aliphatic heterocycles. The molecule has 316 valence electrons. The maximum Gasteiger partial charge on any atom is 0.471 e. The molecule has 0 spiro atoms. The number of ketones is 1. The van der Waals surface area contributed by atoms with Gasteiger partial charge in [-0.2, -0.15) is 26.3 Å². The van der Waals surface area contributed by atoms with Gasteiger partial charge in [0.05, 0.1) is 43.5 Å². The van der Waals surface area contributed by atoms with Crippen LogP contribution in [0.15, 0.2) is 89.3 Å². The molecule has 4 aromatic carbocycles. The summed E-state index contributed by atoms with van der Waals surface area (Å²) in [4.78, 5) is 22.6. The fourth-order valence-electron chi connectivity index (χ4n) is 4.80. The highest BCUT2D eigenvalue weighted by Crippen LogP contribution is 2.31. The summed E-state index contributed by atoms with van der Waals surface area (Å²) >= 11 is 0. The second kappa shape index (κ2) is 17.8. The summed E-state index contributed by atoms with van der Waals surface area (Å²) in [6, 6.07) is 15.2. The highest BCUT2D eigenvalue weighted by atomic mass is 32.2. The molecule has 1 N–H and O–H groups in total. The van der Waals surface area contributed by atoms with Crippen LogP contribution < -0.4 is 13.9 Å². The maximum absolute atomic E-state index is 14.5. The van der Waals surface area contributed by atoms with Gasteiger partial charge < -0.3 is 9.73 Å². The monoisotopic (exact) mass is 883 g/mol. The highest BCUT2D eigenvalue weighted by Gasteiger charge is 2.39. The molecule has 0 bridgehead atoms. The van der Waals surface area contributed by atoms with Crippen LogP contribution in [0.4, 0.5) is 55.3 Å². The number of alkyl halides is 6. The fraction of sp³-hybridized carbons (Fsp3) is 0.200. The first-order valence-electron chi connectivity index (χ1n) is 16.1. The Kier molecular flexibility index (Phi) is 13.8. The lowest BCUT2D eigenvalue weighted by atomic mass is 10.1. The first-order valence-corrected chi connectivity index (χ1v) is 19.8. The van der Waals surface area contributed by atoms with Crippen LogP contribution in [-0.4, -0.2) is 64.0 Å². The first kappa shape index (κ1) is 45.7. The molecule has 1 aromatic heterocycles. The SMILES string of the molecule is CS(=O)(=O)N(Cc1ccc(-c2nnc(C(F)(F)F)o2)cc1F)c1ccc(F)cc1.CS(=O)(=O)N(Cc1ccc(C(=O)CNC(=O)C(F)(F)F)cc1F)c1ccc(F)cc1. The van der Waals surface area contributed by atoms with Gasteiger partial charge in [0.15, 0.2) is 5.78 Å². The summed E-state index contributed by atoms with van der Waals surface area (Å²) in [7, 11) is -7.72. The van der Waals surface area contributed by atoms with E-state index >= 15 is 0 Å². The Labute approximate surface area is 328 Å². The third-order valence-corrected chi connectivity index (χ3v) is 9.95. The number of hydrogen-bond acceptors (Lipinski definition) is 9. The predicted octanol–water partition coefficient (Wildman–Crippen LogP) is 6.79. The minimum absolute atomic E-state index is 0.0703. The lowest BCUT2D eigenvalue weighted by Crippen LogP contribution is -2.39. The Morgan fingerprint density at radius 1 is 0.661 bits per heavy atom. The standard InChI is InChI=1S/C18H15F5N2O4S.C17H12F5N3O3S/c1-30(28,29)25(14-6-4-13(19)5-7-14)10-12-3-2-11(8-15(12)20)16(26)9-24-17(27)18(21,22)23;1-29(26,27)25(13-6-4-12(18)5-7-13)9-11-3-2-10(8-14(11)19)15-23-24-16(28-15)17(20,21)22/h2-8H,9-10H2,1H3,(H,24,27);2-8H,9H2,1H3. The summed E-state index contributed by atoms with van der Waals surface area (Å²) in [5.41, 5.74) is -0.439. The topological polar surface area (TPSA) is 160 Å². The van der Waals surface area contributed by atoms with Crippen LogP contribution >= 0.6 is 0 Å². The number of Topliss-reactive ketones (excluding diaryl/α,β-unsaturated/α-hetero) is 1. The van der Waals surface area contributed by atoms with Crippen LogP contribution in [0.25, 0.3) is 11.5 Å². The molecule has 0 saturated heterocycles. The summed E-state index contributed by atoms with van der Waals surface area (Å²) in [6.45, 7) is -1.90. The third kappa shape index (κ3) is 12.5. The molecule has 0 aliphatic carbocycles. The number of anilines is 2. The molecule has 0 radical (unpaired) electrons. The first-order chi connectivity index (χ1) is 27.2. The number of amides is 1. The number of aromatic nitrogens is 2. The van der Waals surface area contributed by atoms with E-state index in [4.69, 9.17) is 0 Å². The van der Waals surface area contributed by atoms with Crippen molar-refractivity contribution in [3.05, 3.63) is 131 Å². The highest BCUT2D eigenvalue weighted by molar-refractivity contribution is 7.92. The second-order valence-electron chi connectivity index (χ2n) is 12.1. The average molecular weight is 884 g/mol.